The van der Waals surface area contributed by atoms with Crippen LogP contribution in [-0.2, 0) is 19.0 Å². The van der Waals surface area contributed by atoms with Crippen LogP contribution in [0.1, 0.15) is 13.3 Å². The number of hydrogen-bond acceptors (Lipinski definition) is 4. The van der Waals surface area contributed by atoms with Gasteiger partial charge in [0.25, 0.3) is 0 Å². The first kappa shape index (κ1) is 15.2. The summed E-state index contributed by atoms with van der Waals surface area (Å²) in [5.74, 6) is 0.301. The third-order valence-electron chi connectivity index (χ3n) is 3.38. The standard InChI is InChI=1S/C16H22O4/c1-2-13-5-6-16(17)15(8-13)4-3-7-18-9-14-10-19-12-20-11-14/h3-6,8,14-15H,2,7,9-12H2,1H3. The second-order valence-corrected chi connectivity index (χ2v) is 5.05. The fourth-order valence-corrected chi connectivity index (χ4v) is 2.19. The lowest BCUT2D eigenvalue weighted by atomic mass is 9.93. The summed E-state index contributed by atoms with van der Waals surface area (Å²) < 4.78 is 15.9. The molecule has 1 heterocycles. The number of carbonyl (C=O) groups is 1. The number of carbonyl (C=O) groups excluding carboxylic acids is 1. The number of rotatable bonds is 6. The van der Waals surface area contributed by atoms with Crippen molar-refractivity contribution >= 4 is 5.78 Å². The Bertz CT molecular complexity index is 403. The summed E-state index contributed by atoms with van der Waals surface area (Å²) >= 11 is 0. The van der Waals surface area contributed by atoms with Crippen LogP contribution in [0.15, 0.2) is 36.0 Å². The van der Waals surface area contributed by atoms with Gasteiger partial charge < -0.3 is 14.2 Å². The fraction of sp³-hybridized carbons (Fsp3) is 0.562. The van der Waals surface area contributed by atoms with Gasteiger partial charge in [-0.2, -0.15) is 0 Å². The van der Waals surface area contributed by atoms with Crippen LogP contribution in [0, 0.1) is 11.8 Å². The van der Waals surface area contributed by atoms with E-state index in [-0.39, 0.29) is 11.7 Å². The predicted octanol–water partition coefficient (Wildman–Crippen LogP) is 2.27. The second-order valence-electron chi connectivity index (χ2n) is 5.05. The minimum absolute atomic E-state index is 0.132. The highest BCUT2D eigenvalue weighted by molar-refractivity contribution is 5.96. The zero-order valence-corrected chi connectivity index (χ0v) is 11.9. The topological polar surface area (TPSA) is 44.8 Å². The van der Waals surface area contributed by atoms with Crippen molar-refractivity contribution in [3.8, 4) is 0 Å². The van der Waals surface area contributed by atoms with Gasteiger partial charge in [0, 0.05) is 5.92 Å². The third-order valence-corrected chi connectivity index (χ3v) is 3.38. The van der Waals surface area contributed by atoms with Crippen molar-refractivity contribution in [2.75, 3.05) is 33.2 Å². The van der Waals surface area contributed by atoms with Crippen LogP contribution >= 0.6 is 0 Å². The van der Waals surface area contributed by atoms with Crippen molar-refractivity contribution in [3.63, 3.8) is 0 Å². The average Bonchev–Trinajstić information content (AvgIpc) is 2.50. The summed E-state index contributed by atoms with van der Waals surface area (Å²) in [6.07, 6.45) is 10.3. The van der Waals surface area contributed by atoms with Crippen LogP contribution in [0.25, 0.3) is 0 Å². The molecule has 1 fully saturated rings. The Balaban J connectivity index is 1.69. The minimum atomic E-state index is -0.139. The molecule has 20 heavy (non-hydrogen) atoms. The van der Waals surface area contributed by atoms with Gasteiger partial charge in [-0.05, 0) is 12.5 Å². The molecule has 4 heteroatoms. The quantitative estimate of drug-likeness (QED) is 0.552. The lowest BCUT2D eigenvalue weighted by molar-refractivity contribution is -0.137. The molecule has 0 aromatic heterocycles. The van der Waals surface area contributed by atoms with Crippen LogP contribution in [0.2, 0.25) is 0 Å². The van der Waals surface area contributed by atoms with Crippen LogP contribution in [0.4, 0.5) is 0 Å². The Morgan fingerprint density at radius 3 is 2.90 bits per heavy atom. The summed E-state index contributed by atoms with van der Waals surface area (Å²) in [7, 11) is 0. The van der Waals surface area contributed by atoms with Crippen LogP contribution in [0.3, 0.4) is 0 Å². The average molecular weight is 278 g/mol. The highest BCUT2D eigenvalue weighted by Crippen LogP contribution is 2.17. The van der Waals surface area contributed by atoms with E-state index in [0.29, 0.717) is 39.1 Å². The Labute approximate surface area is 120 Å². The maximum atomic E-state index is 11.7. The maximum absolute atomic E-state index is 11.7. The zero-order chi connectivity index (χ0) is 14.2. The van der Waals surface area contributed by atoms with Gasteiger partial charge in [-0.1, -0.05) is 36.8 Å². The number of ketones is 1. The molecule has 0 saturated carbocycles. The van der Waals surface area contributed by atoms with Gasteiger partial charge in [-0.25, -0.2) is 0 Å². The van der Waals surface area contributed by atoms with Crippen LogP contribution in [-0.4, -0.2) is 39.0 Å². The van der Waals surface area contributed by atoms with Gasteiger partial charge in [0.15, 0.2) is 5.78 Å². The first-order valence-corrected chi connectivity index (χ1v) is 7.12. The van der Waals surface area contributed by atoms with Crippen molar-refractivity contribution in [2.24, 2.45) is 11.8 Å². The molecule has 1 unspecified atom stereocenters. The molecule has 4 nitrogen and oxygen atoms in total. The maximum Gasteiger partial charge on any atom is 0.166 e. The molecule has 1 aliphatic carbocycles. The number of allylic oxidation sites excluding steroid dienone is 5. The van der Waals surface area contributed by atoms with Gasteiger partial charge in [0.05, 0.1) is 32.3 Å². The van der Waals surface area contributed by atoms with Crippen molar-refractivity contribution in [3.05, 3.63) is 36.0 Å². The largest absolute Gasteiger partial charge is 0.377 e. The highest BCUT2D eigenvalue weighted by atomic mass is 16.7. The molecule has 0 aromatic rings. The summed E-state index contributed by atoms with van der Waals surface area (Å²) in [5.41, 5.74) is 1.21. The molecule has 2 aliphatic rings. The number of ether oxygens (including phenoxy) is 3. The molecule has 1 saturated heterocycles. The van der Waals surface area contributed by atoms with E-state index in [1.165, 1.54) is 5.57 Å². The van der Waals surface area contributed by atoms with Gasteiger partial charge in [0.2, 0.25) is 0 Å². The smallest absolute Gasteiger partial charge is 0.166 e. The molecule has 0 bridgehead atoms. The molecule has 0 amide bonds. The van der Waals surface area contributed by atoms with E-state index in [9.17, 15) is 4.79 Å². The molecule has 110 valence electrons. The Kier molecular flexibility index (Phi) is 6.18. The summed E-state index contributed by atoms with van der Waals surface area (Å²) in [6, 6.07) is 0. The summed E-state index contributed by atoms with van der Waals surface area (Å²) in [4.78, 5) is 11.7. The first-order chi connectivity index (χ1) is 9.79. The molecule has 1 aliphatic heterocycles. The highest BCUT2D eigenvalue weighted by Gasteiger charge is 2.15. The lowest BCUT2D eigenvalue weighted by Gasteiger charge is -2.21. The van der Waals surface area contributed by atoms with Crippen molar-refractivity contribution in [1.29, 1.82) is 0 Å². The summed E-state index contributed by atoms with van der Waals surface area (Å²) in [6.45, 7) is 5.00. The summed E-state index contributed by atoms with van der Waals surface area (Å²) in [5, 5.41) is 0. The van der Waals surface area contributed by atoms with E-state index in [1.54, 1.807) is 6.08 Å². The second kappa shape index (κ2) is 8.15. The third kappa shape index (κ3) is 4.71. The molecule has 0 spiro atoms. The molecule has 1 atom stereocenters. The van der Waals surface area contributed by atoms with Crippen LogP contribution in [0.5, 0.6) is 0 Å². The van der Waals surface area contributed by atoms with E-state index in [0.717, 1.165) is 6.42 Å². The van der Waals surface area contributed by atoms with Gasteiger partial charge in [-0.15, -0.1) is 0 Å². The minimum Gasteiger partial charge on any atom is -0.377 e. The Morgan fingerprint density at radius 2 is 2.15 bits per heavy atom. The monoisotopic (exact) mass is 278 g/mol. The SMILES string of the molecule is CCC1=CC(C=CCOCC2COCOC2)C(=O)C=C1. The molecule has 0 radical (unpaired) electrons. The van der Waals surface area contributed by atoms with Crippen molar-refractivity contribution in [2.45, 2.75) is 13.3 Å². The van der Waals surface area contributed by atoms with E-state index in [1.807, 2.05) is 24.3 Å². The zero-order valence-electron chi connectivity index (χ0n) is 11.9. The Morgan fingerprint density at radius 1 is 1.35 bits per heavy atom. The van der Waals surface area contributed by atoms with E-state index < -0.39 is 0 Å². The molecule has 0 N–H and O–H groups in total. The molecular weight excluding hydrogens is 256 g/mol. The van der Waals surface area contributed by atoms with E-state index in [4.69, 9.17) is 14.2 Å². The van der Waals surface area contributed by atoms with Crippen molar-refractivity contribution < 1.29 is 19.0 Å². The molecule has 2 rings (SSSR count). The fourth-order valence-electron chi connectivity index (χ4n) is 2.19. The molecular formula is C16H22O4. The van der Waals surface area contributed by atoms with E-state index >= 15 is 0 Å². The molecule has 0 aromatic carbocycles. The first-order valence-electron chi connectivity index (χ1n) is 7.12. The van der Waals surface area contributed by atoms with Gasteiger partial charge in [-0.3, -0.25) is 4.79 Å². The predicted molar refractivity (Wildman–Crippen MR) is 76.2 cm³/mol. The van der Waals surface area contributed by atoms with Crippen molar-refractivity contribution in [1.82, 2.24) is 0 Å². The Hall–Kier alpha value is -1.23. The van der Waals surface area contributed by atoms with Gasteiger partial charge in [0.1, 0.15) is 6.79 Å². The lowest BCUT2D eigenvalue weighted by Crippen LogP contribution is -2.27. The number of hydrogen-bond donors (Lipinski definition) is 0. The normalized spacial score (nSPS) is 24.4. The van der Waals surface area contributed by atoms with Gasteiger partial charge >= 0.3 is 0 Å². The van der Waals surface area contributed by atoms with E-state index in [2.05, 4.69) is 6.92 Å². The van der Waals surface area contributed by atoms with Crippen LogP contribution < -0.4 is 0 Å².